The second-order valence-electron chi connectivity index (χ2n) is 7.60. The second-order valence-corrected chi connectivity index (χ2v) is 9.28. The van der Waals surface area contributed by atoms with Crippen molar-refractivity contribution < 1.29 is 17.5 Å². The number of rotatable bonds is 4. The number of ether oxygens (including phenoxy) is 1. The van der Waals surface area contributed by atoms with Crippen molar-refractivity contribution in [3.05, 3.63) is 24.0 Å². The van der Waals surface area contributed by atoms with Gasteiger partial charge in [0, 0.05) is 5.54 Å². The number of hydrogen-bond donors (Lipinski definition) is 1. The minimum absolute atomic E-state index is 0.0217. The summed E-state index contributed by atoms with van der Waals surface area (Å²) in [6.07, 6.45) is 6.53. The van der Waals surface area contributed by atoms with Gasteiger partial charge >= 0.3 is 0 Å². The summed E-state index contributed by atoms with van der Waals surface area (Å²) in [7, 11) is -2.35. The second kappa shape index (κ2) is 5.18. The van der Waals surface area contributed by atoms with Gasteiger partial charge in [-0.15, -0.1) is 0 Å². The molecule has 0 heterocycles. The summed E-state index contributed by atoms with van der Waals surface area (Å²) in [5.41, 5.74) is -0.315. The van der Waals surface area contributed by atoms with Crippen molar-refractivity contribution in [3.8, 4) is 5.75 Å². The van der Waals surface area contributed by atoms with E-state index in [2.05, 4.69) is 4.72 Å². The molecule has 4 nitrogen and oxygen atoms in total. The van der Waals surface area contributed by atoms with Crippen molar-refractivity contribution in [3.63, 3.8) is 0 Å². The molecule has 5 rings (SSSR count). The monoisotopic (exact) mass is 339 g/mol. The number of hydrogen-bond acceptors (Lipinski definition) is 3. The van der Waals surface area contributed by atoms with Crippen LogP contribution in [0.3, 0.4) is 0 Å². The Bertz CT molecular complexity index is 696. The van der Waals surface area contributed by atoms with E-state index in [0.717, 1.165) is 25.3 Å². The van der Waals surface area contributed by atoms with Gasteiger partial charge in [0.1, 0.15) is 0 Å². The molecule has 0 radical (unpaired) electrons. The van der Waals surface area contributed by atoms with Gasteiger partial charge in [-0.25, -0.2) is 17.5 Å². The molecular formula is C17H22FNO3S. The lowest BCUT2D eigenvalue weighted by Gasteiger charge is -2.56. The van der Waals surface area contributed by atoms with Crippen molar-refractivity contribution in [1.29, 1.82) is 0 Å². The Morgan fingerprint density at radius 1 is 1.13 bits per heavy atom. The smallest absolute Gasteiger partial charge is 0.241 e. The van der Waals surface area contributed by atoms with Crippen LogP contribution >= 0.6 is 0 Å². The Morgan fingerprint density at radius 2 is 1.70 bits per heavy atom. The first-order chi connectivity index (χ1) is 10.9. The molecule has 0 aromatic heterocycles. The lowest BCUT2D eigenvalue weighted by Crippen LogP contribution is -2.59. The maximum atomic E-state index is 13.9. The molecule has 1 aromatic carbocycles. The van der Waals surface area contributed by atoms with E-state index in [4.69, 9.17) is 4.74 Å². The highest BCUT2D eigenvalue weighted by molar-refractivity contribution is 7.89. The van der Waals surface area contributed by atoms with E-state index in [1.807, 2.05) is 0 Å². The molecule has 0 unspecified atom stereocenters. The summed E-state index contributed by atoms with van der Waals surface area (Å²) in [5.74, 6) is 1.35. The molecule has 0 amide bonds. The zero-order valence-electron chi connectivity index (χ0n) is 13.2. The molecule has 0 atom stereocenters. The van der Waals surface area contributed by atoms with Crippen molar-refractivity contribution in [1.82, 2.24) is 4.72 Å². The molecule has 23 heavy (non-hydrogen) atoms. The average Bonchev–Trinajstić information content (AvgIpc) is 2.44. The molecule has 4 bridgehead atoms. The highest BCUT2D eigenvalue weighted by Gasteiger charge is 2.52. The minimum Gasteiger partial charge on any atom is -0.494 e. The van der Waals surface area contributed by atoms with Crippen molar-refractivity contribution >= 4 is 10.0 Å². The summed E-state index contributed by atoms with van der Waals surface area (Å²) in [6.45, 7) is 0. The van der Waals surface area contributed by atoms with Crippen LogP contribution in [0.4, 0.5) is 4.39 Å². The summed E-state index contributed by atoms with van der Waals surface area (Å²) in [6, 6.07) is 3.82. The van der Waals surface area contributed by atoms with Crippen molar-refractivity contribution in [2.75, 3.05) is 7.11 Å². The molecule has 4 saturated carbocycles. The zero-order valence-corrected chi connectivity index (χ0v) is 14.0. The summed E-state index contributed by atoms with van der Waals surface area (Å²) in [5, 5.41) is 0. The van der Waals surface area contributed by atoms with Crippen LogP contribution in [-0.2, 0) is 10.0 Å². The quantitative estimate of drug-likeness (QED) is 0.917. The molecule has 1 aromatic rings. The van der Waals surface area contributed by atoms with Gasteiger partial charge in [-0.05, 0) is 74.5 Å². The van der Waals surface area contributed by atoms with Gasteiger partial charge in [0.15, 0.2) is 11.6 Å². The van der Waals surface area contributed by atoms with Crippen LogP contribution in [0.25, 0.3) is 0 Å². The first-order valence-corrected chi connectivity index (χ1v) is 9.75. The highest BCUT2D eigenvalue weighted by atomic mass is 32.2. The lowest BCUT2D eigenvalue weighted by atomic mass is 9.53. The SMILES string of the molecule is COc1ccc(S(=O)(=O)NC23CC4CC(CC(C4)C2)C3)cc1F. The predicted octanol–water partition coefficient (Wildman–Crippen LogP) is 3.08. The Labute approximate surface area is 136 Å². The first kappa shape index (κ1) is 15.4. The molecule has 4 aliphatic rings. The lowest BCUT2D eigenvalue weighted by molar-refractivity contribution is -0.00810. The van der Waals surface area contributed by atoms with Crippen LogP contribution in [0.1, 0.15) is 38.5 Å². The van der Waals surface area contributed by atoms with Crippen LogP contribution in [-0.4, -0.2) is 21.1 Å². The van der Waals surface area contributed by atoms with Gasteiger partial charge in [0.2, 0.25) is 10.0 Å². The molecule has 6 heteroatoms. The fourth-order valence-electron chi connectivity index (χ4n) is 5.39. The average molecular weight is 339 g/mol. The Kier molecular flexibility index (Phi) is 3.47. The molecular weight excluding hydrogens is 317 g/mol. The number of methoxy groups -OCH3 is 1. The number of halogens is 1. The topological polar surface area (TPSA) is 55.4 Å². The van der Waals surface area contributed by atoms with E-state index >= 15 is 0 Å². The molecule has 0 spiro atoms. The van der Waals surface area contributed by atoms with Gasteiger partial charge in [-0.2, -0.15) is 0 Å². The Hall–Kier alpha value is -1.14. The van der Waals surface area contributed by atoms with Gasteiger partial charge in [-0.3, -0.25) is 0 Å². The van der Waals surface area contributed by atoms with Gasteiger partial charge in [0.05, 0.1) is 12.0 Å². The van der Waals surface area contributed by atoms with Gasteiger partial charge < -0.3 is 4.74 Å². The van der Waals surface area contributed by atoms with E-state index in [9.17, 15) is 12.8 Å². The van der Waals surface area contributed by atoms with Crippen LogP contribution in [0.15, 0.2) is 23.1 Å². The third-order valence-corrected chi connectivity index (χ3v) is 7.40. The fraction of sp³-hybridized carbons (Fsp3) is 0.647. The minimum atomic E-state index is -3.72. The summed E-state index contributed by atoms with van der Waals surface area (Å²) < 4.78 is 47.2. The first-order valence-electron chi connectivity index (χ1n) is 8.27. The predicted molar refractivity (Wildman–Crippen MR) is 84.2 cm³/mol. The van der Waals surface area contributed by atoms with Crippen molar-refractivity contribution in [2.45, 2.75) is 49.0 Å². The number of sulfonamides is 1. The van der Waals surface area contributed by atoms with E-state index in [-0.39, 0.29) is 16.2 Å². The van der Waals surface area contributed by atoms with Gasteiger partial charge in [-0.1, -0.05) is 0 Å². The van der Waals surface area contributed by atoms with Crippen LogP contribution in [0.2, 0.25) is 0 Å². The van der Waals surface area contributed by atoms with Crippen molar-refractivity contribution in [2.24, 2.45) is 17.8 Å². The Morgan fingerprint density at radius 3 is 2.17 bits per heavy atom. The van der Waals surface area contributed by atoms with E-state index in [0.29, 0.717) is 17.8 Å². The fourth-order valence-corrected chi connectivity index (χ4v) is 6.84. The summed E-state index contributed by atoms with van der Waals surface area (Å²) in [4.78, 5) is -0.0217. The molecule has 4 fully saturated rings. The molecule has 0 aliphatic heterocycles. The van der Waals surface area contributed by atoms with Crippen LogP contribution in [0.5, 0.6) is 5.75 Å². The van der Waals surface area contributed by atoms with E-state index < -0.39 is 15.8 Å². The standard InChI is InChI=1S/C17H22FNO3S/c1-22-16-3-2-14(7-15(16)18)23(20,21)19-17-8-11-4-12(9-17)6-13(5-11)10-17/h2-3,7,11-13,19H,4-6,8-10H2,1H3. The summed E-state index contributed by atoms with van der Waals surface area (Å²) >= 11 is 0. The number of benzene rings is 1. The third-order valence-electron chi connectivity index (χ3n) is 5.82. The van der Waals surface area contributed by atoms with Gasteiger partial charge in [0.25, 0.3) is 0 Å². The largest absolute Gasteiger partial charge is 0.494 e. The maximum Gasteiger partial charge on any atom is 0.241 e. The Balaban J connectivity index is 1.61. The van der Waals surface area contributed by atoms with Crippen LogP contribution in [0, 0.1) is 23.6 Å². The third kappa shape index (κ3) is 2.66. The maximum absolute atomic E-state index is 13.9. The molecule has 4 aliphatic carbocycles. The molecule has 0 saturated heterocycles. The highest BCUT2D eigenvalue weighted by Crippen LogP contribution is 2.55. The molecule has 126 valence electrons. The normalized spacial score (nSPS) is 35.5. The number of nitrogens with one attached hydrogen (secondary N) is 1. The zero-order chi connectivity index (χ0) is 16.2. The van der Waals surface area contributed by atoms with E-state index in [1.165, 1.54) is 38.5 Å². The molecule has 1 N–H and O–H groups in total. The van der Waals surface area contributed by atoms with Crippen LogP contribution < -0.4 is 9.46 Å². The van der Waals surface area contributed by atoms with E-state index in [1.54, 1.807) is 0 Å².